The van der Waals surface area contributed by atoms with E-state index in [9.17, 15) is 0 Å². The van der Waals surface area contributed by atoms with Crippen LogP contribution in [-0.2, 0) is 9.47 Å². The molecule has 0 spiro atoms. The Bertz CT molecular complexity index is 189. The van der Waals surface area contributed by atoms with Crippen LogP contribution in [0, 0.1) is 11.8 Å². The Morgan fingerprint density at radius 3 is 2.39 bits per heavy atom. The van der Waals surface area contributed by atoms with E-state index in [0.717, 1.165) is 44.1 Å². The Hall–Kier alpha value is -0.120. The topological polar surface area (TPSA) is 30.5 Å². The van der Waals surface area contributed by atoms with E-state index in [1.54, 1.807) is 7.11 Å². The van der Waals surface area contributed by atoms with E-state index in [1.807, 2.05) is 0 Å². The Kier molecular flexibility index (Phi) is 8.64. The van der Waals surface area contributed by atoms with Crippen molar-refractivity contribution >= 4 is 0 Å². The molecule has 108 valence electrons. The molecule has 0 atom stereocenters. The van der Waals surface area contributed by atoms with Crippen LogP contribution in [0.2, 0.25) is 0 Å². The van der Waals surface area contributed by atoms with Crippen molar-refractivity contribution in [3.8, 4) is 0 Å². The summed E-state index contributed by atoms with van der Waals surface area (Å²) < 4.78 is 10.4. The van der Waals surface area contributed by atoms with Gasteiger partial charge in [-0.1, -0.05) is 13.8 Å². The van der Waals surface area contributed by atoms with E-state index >= 15 is 0 Å². The summed E-state index contributed by atoms with van der Waals surface area (Å²) in [5, 5.41) is 3.66. The normalized spacial score (nSPS) is 24.7. The van der Waals surface area contributed by atoms with Crippen molar-refractivity contribution in [2.45, 2.75) is 52.0 Å². The lowest BCUT2D eigenvalue weighted by atomic mass is 9.80. The average Bonchev–Trinajstić information content (AvgIpc) is 2.38. The van der Waals surface area contributed by atoms with Gasteiger partial charge < -0.3 is 14.8 Å². The minimum atomic E-state index is 0.701. The van der Waals surface area contributed by atoms with Crippen LogP contribution >= 0.6 is 0 Å². The smallest absolute Gasteiger partial charge is 0.0700 e. The summed E-state index contributed by atoms with van der Waals surface area (Å²) in [6, 6.07) is 0.749. The van der Waals surface area contributed by atoms with Gasteiger partial charge in [-0.15, -0.1) is 0 Å². The molecule has 0 aliphatic heterocycles. The molecule has 0 aromatic carbocycles. The van der Waals surface area contributed by atoms with Gasteiger partial charge in [-0.2, -0.15) is 0 Å². The van der Waals surface area contributed by atoms with Crippen LogP contribution in [0.4, 0.5) is 0 Å². The van der Waals surface area contributed by atoms with Crippen LogP contribution < -0.4 is 5.32 Å². The molecule has 0 unspecified atom stereocenters. The molecule has 0 amide bonds. The van der Waals surface area contributed by atoms with E-state index in [-0.39, 0.29) is 0 Å². The highest BCUT2D eigenvalue weighted by molar-refractivity contribution is 4.78. The number of hydrogen-bond donors (Lipinski definition) is 1. The van der Waals surface area contributed by atoms with Crippen LogP contribution in [0.25, 0.3) is 0 Å². The average molecular weight is 257 g/mol. The maximum absolute atomic E-state index is 5.45. The van der Waals surface area contributed by atoms with Gasteiger partial charge >= 0.3 is 0 Å². The fourth-order valence-electron chi connectivity index (χ4n) is 2.71. The summed E-state index contributed by atoms with van der Waals surface area (Å²) in [7, 11) is 1.71. The highest BCUT2D eigenvalue weighted by atomic mass is 16.5. The molecular weight excluding hydrogens is 226 g/mol. The summed E-state index contributed by atoms with van der Waals surface area (Å²) in [5.41, 5.74) is 0. The van der Waals surface area contributed by atoms with E-state index in [0.29, 0.717) is 6.61 Å². The molecule has 0 heterocycles. The second kappa shape index (κ2) is 9.76. The standard InChI is InChI=1S/C15H31NO2/c1-13(2)14-5-7-15(8-6-14)16-9-4-10-18-12-11-17-3/h13-16H,4-12H2,1-3H3. The molecule has 1 saturated carbocycles. The summed E-state index contributed by atoms with van der Waals surface area (Å²) in [6.45, 7) is 8.07. The third-order valence-electron chi connectivity index (χ3n) is 4.04. The van der Waals surface area contributed by atoms with Gasteiger partial charge in [0.15, 0.2) is 0 Å². The lowest BCUT2D eigenvalue weighted by Gasteiger charge is -2.31. The molecular formula is C15H31NO2. The van der Waals surface area contributed by atoms with Gasteiger partial charge in [0, 0.05) is 19.8 Å². The summed E-state index contributed by atoms with van der Waals surface area (Å²) in [4.78, 5) is 0. The van der Waals surface area contributed by atoms with Crippen molar-refractivity contribution in [3.63, 3.8) is 0 Å². The van der Waals surface area contributed by atoms with Crippen molar-refractivity contribution in [2.75, 3.05) is 33.5 Å². The van der Waals surface area contributed by atoms with Crippen molar-refractivity contribution in [1.82, 2.24) is 5.32 Å². The zero-order chi connectivity index (χ0) is 13.2. The zero-order valence-corrected chi connectivity index (χ0v) is 12.4. The molecule has 18 heavy (non-hydrogen) atoms. The van der Waals surface area contributed by atoms with Crippen LogP contribution in [0.3, 0.4) is 0 Å². The van der Waals surface area contributed by atoms with E-state index < -0.39 is 0 Å². The molecule has 0 radical (unpaired) electrons. The third kappa shape index (κ3) is 6.72. The predicted octanol–water partition coefficient (Wildman–Crippen LogP) is 2.84. The SMILES string of the molecule is COCCOCCCNC1CCC(C(C)C)CC1. The molecule has 0 aromatic heterocycles. The highest BCUT2D eigenvalue weighted by Crippen LogP contribution is 2.29. The van der Waals surface area contributed by atoms with E-state index in [2.05, 4.69) is 19.2 Å². The number of ether oxygens (including phenoxy) is 2. The molecule has 0 aromatic rings. The van der Waals surface area contributed by atoms with Gasteiger partial charge in [0.25, 0.3) is 0 Å². The van der Waals surface area contributed by atoms with Crippen LogP contribution in [0.5, 0.6) is 0 Å². The molecule has 3 heteroatoms. The van der Waals surface area contributed by atoms with Gasteiger partial charge in [0.2, 0.25) is 0 Å². The first-order valence-electron chi connectivity index (χ1n) is 7.54. The second-order valence-corrected chi connectivity index (χ2v) is 5.77. The van der Waals surface area contributed by atoms with Gasteiger partial charge in [-0.05, 0) is 50.5 Å². The highest BCUT2D eigenvalue weighted by Gasteiger charge is 2.22. The third-order valence-corrected chi connectivity index (χ3v) is 4.04. The maximum atomic E-state index is 5.45. The zero-order valence-electron chi connectivity index (χ0n) is 12.4. The number of hydrogen-bond acceptors (Lipinski definition) is 3. The Morgan fingerprint density at radius 1 is 1.06 bits per heavy atom. The van der Waals surface area contributed by atoms with Gasteiger partial charge in [0.05, 0.1) is 13.2 Å². The Morgan fingerprint density at radius 2 is 1.78 bits per heavy atom. The summed E-state index contributed by atoms with van der Waals surface area (Å²) in [6.07, 6.45) is 6.62. The minimum Gasteiger partial charge on any atom is -0.382 e. The van der Waals surface area contributed by atoms with Crippen LogP contribution in [0.1, 0.15) is 46.0 Å². The summed E-state index contributed by atoms with van der Waals surface area (Å²) >= 11 is 0. The predicted molar refractivity (Wildman–Crippen MR) is 75.9 cm³/mol. The van der Waals surface area contributed by atoms with Crippen molar-refractivity contribution < 1.29 is 9.47 Å². The fraction of sp³-hybridized carbons (Fsp3) is 1.00. The first-order valence-corrected chi connectivity index (χ1v) is 7.54. The largest absolute Gasteiger partial charge is 0.382 e. The van der Waals surface area contributed by atoms with Crippen molar-refractivity contribution in [3.05, 3.63) is 0 Å². The fourth-order valence-corrected chi connectivity index (χ4v) is 2.71. The molecule has 1 N–H and O–H groups in total. The minimum absolute atomic E-state index is 0.701. The molecule has 3 nitrogen and oxygen atoms in total. The van der Waals surface area contributed by atoms with Crippen LogP contribution in [0.15, 0.2) is 0 Å². The molecule has 1 aliphatic carbocycles. The molecule has 1 fully saturated rings. The second-order valence-electron chi connectivity index (χ2n) is 5.77. The van der Waals surface area contributed by atoms with Gasteiger partial charge in [-0.3, -0.25) is 0 Å². The molecule has 0 bridgehead atoms. The van der Waals surface area contributed by atoms with Crippen LogP contribution in [-0.4, -0.2) is 39.5 Å². The molecule has 0 saturated heterocycles. The Balaban J connectivity index is 1.91. The number of nitrogens with one attached hydrogen (secondary N) is 1. The molecule has 1 rings (SSSR count). The molecule has 1 aliphatic rings. The lowest BCUT2D eigenvalue weighted by Crippen LogP contribution is -2.35. The van der Waals surface area contributed by atoms with E-state index in [4.69, 9.17) is 9.47 Å². The van der Waals surface area contributed by atoms with Crippen molar-refractivity contribution in [1.29, 1.82) is 0 Å². The first-order chi connectivity index (χ1) is 8.74. The quantitative estimate of drug-likeness (QED) is 0.644. The number of methoxy groups -OCH3 is 1. The number of rotatable bonds is 9. The summed E-state index contributed by atoms with van der Waals surface area (Å²) in [5.74, 6) is 1.82. The maximum Gasteiger partial charge on any atom is 0.0700 e. The van der Waals surface area contributed by atoms with E-state index in [1.165, 1.54) is 25.7 Å². The Labute approximate surface area is 113 Å². The van der Waals surface area contributed by atoms with Crippen molar-refractivity contribution in [2.24, 2.45) is 11.8 Å². The first kappa shape index (κ1) is 15.9. The van der Waals surface area contributed by atoms with Gasteiger partial charge in [0.1, 0.15) is 0 Å². The lowest BCUT2D eigenvalue weighted by molar-refractivity contribution is 0.0690. The monoisotopic (exact) mass is 257 g/mol. The van der Waals surface area contributed by atoms with Gasteiger partial charge in [-0.25, -0.2) is 0 Å².